The molecule has 0 atom stereocenters. The zero-order chi connectivity index (χ0) is 19.6. The Labute approximate surface area is 163 Å². The number of aliphatic hydroxyl groups excluding tert-OH is 1. The van der Waals surface area contributed by atoms with Crippen molar-refractivity contribution in [1.82, 2.24) is 19.9 Å². The maximum atomic E-state index is 12.9. The lowest BCUT2D eigenvalue weighted by molar-refractivity contribution is 0.0582. The zero-order valence-electron chi connectivity index (χ0n) is 15.8. The minimum atomic E-state index is -0.456. The summed E-state index contributed by atoms with van der Waals surface area (Å²) in [6.45, 7) is 1.09. The van der Waals surface area contributed by atoms with Gasteiger partial charge in [-0.25, -0.2) is 9.97 Å². The number of carbonyl (C=O) groups excluding carboxylic acids is 1. The number of nitrogens with zero attached hydrogens (tertiary/aromatic N) is 4. The fourth-order valence-electron chi connectivity index (χ4n) is 3.78. The predicted molar refractivity (Wildman–Crippen MR) is 107 cm³/mol. The predicted octanol–water partition coefficient (Wildman–Crippen LogP) is 2.23. The van der Waals surface area contributed by atoms with Gasteiger partial charge in [-0.1, -0.05) is 24.3 Å². The van der Waals surface area contributed by atoms with Crippen LogP contribution in [0, 0.1) is 0 Å². The van der Waals surface area contributed by atoms with E-state index in [9.17, 15) is 9.90 Å². The van der Waals surface area contributed by atoms with Crippen LogP contribution in [0.3, 0.4) is 0 Å². The second kappa shape index (κ2) is 7.52. The number of rotatable bonds is 4. The second-order valence-corrected chi connectivity index (χ2v) is 7.19. The first-order chi connectivity index (χ1) is 13.6. The van der Waals surface area contributed by atoms with Gasteiger partial charge in [-0.15, -0.1) is 0 Å². The van der Waals surface area contributed by atoms with Gasteiger partial charge < -0.3 is 15.3 Å². The Balaban J connectivity index is 1.52. The Hall–Kier alpha value is -3.06. The van der Waals surface area contributed by atoms with Gasteiger partial charge in [0.05, 0.1) is 12.3 Å². The number of hydrogen-bond donors (Lipinski definition) is 2. The molecular formula is C21H23N5O2. The van der Waals surface area contributed by atoms with Crippen LogP contribution in [-0.2, 0) is 5.41 Å². The van der Waals surface area contributed by atoms with Crippen LogP contribution >= 0.6 is 0 Å². The van der Waals surface area contributed by atoms with Crippen molar-refractivity contribution < 1.29 is 9.90 Å². The Kier molecular flexibility index (Phi) is 4.92. The maximum Gasteiger partial charge on any atom is 0.272 e. The third-order valence-corrected chi connectivity index (χ3v) is 5.63. The molecule has 144 valence electrons. The van der Waals surface area contributed by atoms with Crippen molar-refractivity contribution in [2.75, 3.05) is 32.1 Å². The van der Waals surface area contributed by atoms with Gasteiger partial charge in [-0.2, -0.15) is 0 Å². The molecule has 28 heavy (non-hydrogen) atoms. The van der Waals surface area contributed by atoms with Gasteiger partial charge in [0, 0.05) is 43.2 Å². The summed E-state index contributed by atoms with van der Waals surface area (Å²) in [5.74, 6) is 0.646. The van der Waals surface area contributed by atoms with E-state index in [-0.39, 0.29) is 12.5 Å². The minimum Gasteiger partial charge on any atom is -0.395 e. The Bertz CT molecular complexity index is 999. The number of benzene rings is 1. The molecule has 1 saturated heterocycles. The van der Waals surface area contributed by atoms with E-state index in [1.807, 2.05) is 41.3 Å². The highest BCUT2D eigenvalue weighted by Crippen LogP contribution is 2.35. The highest BCUT2D eigenvalue weighted by atomic mass is 16.3. The summed E-state index contributed by atoms with van der Waals surface area (Å²) < 4.78 is 0. The van der Waals surface area contributed by atoms with E-state index in [4.69, 9.17) is 0 Å². The summed E-state index contributed by atoms with van der Waals surface area (Å²) in [5, 5.41) is 15.1. The van der Waals surface area contributed by atoms with E-state index in [2.05, 4.69) is 20.3 Å². The molecule has 1 amide bonds. The topological polar surface area (TPSA) is 91.2 Å². The number of anilines is 1. The number of pyridine rings is 1. The standard InChI is InChI=1S/C21H23N5O2/c1-22-19-11-18(24-14-25-19)21(13-27)6-8-26(9-7-21)20(28)17-10-15-4-2-3-5-16(15)12-23-17/h2-5,10-12,14,27H,6-9,13H2,1H3,(H,22,24,25). The molecule has 0 bridgehead atoms. The molecule has 1 fully saturated rings. The number of carbonyl (C=O) groups is 1. The van der Waals surface area contributed by atoms with Crippen LogP contribution in [0.15, 0.2) is 48.9 Å². The zero-order valence-corrected chi connectivity index (χ0v) is 15.8. The van der Waals surface area contributed by atoms with Gasteiger partial charge in [0.15, 0.2) is 0 Å². The average molecular weight is 377 g/mol. The molecule has 3 heterocycles. The molecule has 2 N–H and O–H groups in total. The van der Waals surface area contributed by atoms with E-state index in [1.54, 1.807) is 13.2 Å². The SMILES string of the molecule is CNc1cc(C2(CO)CCN(C(=O)c3cc4ccccc4cn3)CC2)ncn1. The molecule has 0 unspecified atom stereocenters. The summed E-state index contributed by atoms with van der Waals surface area (Å²) in [5.41, 5.74) is 0.808. The van der Waals surface area contributed by atoms with E-state index in [0.717, 1.165) is 22.3 Å². The van der Waals surface area contributed by atoms with Gasteiger partial charge in [-0.05, 0) is 24.3 Å². The molecular weight excluding hydrogens is 354 g/mol. The minimum absolute atomic E-state index is 0.0105. The van der Waals surface area contributed by atoms with E-state index < -0.39 is 5.41 Å². The van der Waals surface area contributed by atoms with Crippen molar-refractivity contribution in [3.05, 3.63) is 60.3 Å². The number of nitrogens with one attached hydrogen (secondary N) is 1. The smallest absolute Gasteiger partial charge is 0.272 e. The van der Waals surface area contributed by atoms with Crippen LogP contribution in [-0.4, -0.2) is 57.6 Å². The molecule has 1 aliphatic heterocycles. The lowest BCUT2D eigenvalue weighted by atomic mass is 9.76. The molecule has 7 heteroatoms. The molecule has 4 rings (SSSR count). The first-order valence-corrected chi connectivity index (χ1v) is 9.40. The van der Waals surface area contributed by atoms with Crippen molar-refractivity contribution in [2.45, 2.75) is 18.3 Å². The van der Waals surface area contributed by atoms with Crippen molar-refractivity contribution >= 4 is 22.5 Å². The summed E-state index contributed by atoms with van der Waals surface area (Å²) in [6, 6.07) is 11.6. The number of aliphatic hydroxyl groups is 1. The summed E-state index contributed by atoms with van der Waals surface area (Å²) in [4.78, 5) is 27.6. The summed E-state index contributed by atoms with van der Waals surface area (Å²) in [6.07, 6.45) is 4.53. The third-order valence-electron chi connectivity index (χ3n) is 5.63. The van der Waals surface area contributed by atoms with Crippen LogP contribution in [0.25, 0.3) is 10.8 Å². The van der Waals surface area contributed by atoms with Crippen LogP contribution < -0.4 is 5.32 Å². The third kappa shape index (κ3) is 3.29. The molecule has 0 radical (unpaired) electrons. The second-order valence-electron chi connectivity index (χ2n) is 7.19. The van der Waals surface area contributed by atoms with Crippen LogP contribution in [0.1, 0.15) is 29.0 Å². The lowest BCUT2D eigenvalue weighted by Gasteiger charge is -2.40. The molecule has 1 aliphatic rings. The first kappa shape index (κ1) is 18.3. The number of fused-ring (bicyclic) bond motifs is 1. The normalized spacial score (nSPS) is 16.1. The van der Waals surface area contributed by atoms with E-state index >= 15 is 0 Å². The molecule has 0 saturated carbocycles. The quantitative estimate of drug-likeness (QED) is 0.725. The average Bonchev–Trinajstić information content (AvgIpc) is 2.78. The Morgan fingerprint density at radius 2 is 1.89 bits per heavy atom. The van der Waals surface area contributed by atoms with Gasteiger partial charge in [0.2, 0.25) is 0 Å². The fourth-order valence-corrected chi connectivity index (χ4v) is 3.78. The largest absolute Gasteiger partial charge is 0.395 e. The molecule has 3 aromatic rings. The summed E-state index contributed by atoms with van der Waals surface area (Å²) in [7, 11) is 1.80. The molecule has 0 spiro atoms. The number of piperidine rings is 1. The molecule has 2 aromatic heterocycles. The van der Waals surface area contributed by atoms with Crippen molar-refractivity contribution in [1.29, 1.82) is 0 Å². The van der Waals surface area contributed by atoms with Crippen molar-refractivity contribution in [2.24, 2.45) is 0 Å². The van der Waals surface area contributed by atoms with E-state index in [0.29, 0.717) is 31.6 Å². The van der Waals surface area contributed by atoms with Gasteiger partial charge >= 0.3 is 0 Å². The Morgan fingerprint density at radius 1 is 1.14 bits per heavy atom. The van der Waals surface area contributed by atoms with Crippen LogP contribution in [0.4, 0.5) is 5.82 Å². The molecule has 1 aromatic carbocycles. The van der Waals surface area contributed by atoms with E-state index in [1.165, 1.54) is 6.33 Å². The number of likely N-dealkylation sites (tertiary alicyclic amines) is 1. The lowest BCUT2D eigenvalue weighted by Crippen LogP contribution is -2.47. The Morgan fingerprint density at radius 3 is 2.61 bits per heavy atom. The molecule has 7 nitrogen and oxygen atoms in total. The van der Waals surface area contributed by atoms with Gasteiger partial charge in [0.25, 0.3) is 5.91 Å². The van der Waals surface area contributed by atoms with Crippen molar-refractivity contribution in [3.63, 3.8) is 0 Å². The number of hydrogen-bond acceptors (Lipinski definition) is 6. The number of aromatic nitrogens is 3. The summed E-state index contributed by atoms with van der Waals surface area (Å²) >= 11 is 0. The van der Waals surface area contributed by atoms with Crippen LogP contribution in [0.5, 0.6) is 0 Å². The molecule has 0 aliphatic carbocycles. The maximum absolute atomic E-state index is 12.9. The van der Waals surface area contributed by atoms with Crippen LogP contribution in [0.2, 0.25) is 0 Å². The van der Waals surface area contributed by atoms with Crippen molar-refractivity contribution in [3.8, 4) is 0 Å². The fraction of sp³-hybridized carbons (Fsp3) is 0.333. The first-order valence-electron chi connectivity index (χ1n) is 9.40. The monoisotopic (exact) mass is 377 g/mol. The highest BCUT2D eigenvalue weighted by molar-refractivity contribution is 5.96. The number of amides is 1. The highest BCUT2D eigenvalue weighted by Gasteiger charge is 2.38. The van der Waals surface area contributed by atoms with Gasteiger partial charge in [-0.3, -0.25) is 9.78 Å². The van der Waals surface area contributed by atoms with Gasteiger partial charge in [0.1, 0.15) is 17.8 Å².